The molecule has 0 aromatic heterocycles. The van der Waals surface area contributed by atoms with Crippen LogP contribution >= 0.6 is 0 Å². The van der Waals surface area contributed by atoms with Gasteiger partial charge in [-0.1, -0.05) is 36.4 Å². The fraction of sp³-hybridized carbons (Fsp3) is 0.226. The van der Waals surface area contributed by atoms with Gasteiger partial charge in [0.25, 0.3) is 0 Å². The topological polar surface area (TPSA) is 36.9 Å². The summed E-state index contributed by atoms with van der Waals surface area (Å²) in [6.07, 6.45) is 3.76. The van der Waals surface area contributed by atoms with Gasteiger partial charge >= 0.3 is 0 Å². The van der Waals surface area contributed by atoms with Crippen molar-refractivity contribution in [3.05, 3.63) is 113 Å². The smallest absolute Gasteiger partial charge is 0.127 e. The van der Waals surface area contributed by atoms with E-state index in [1.807, 2.05) is 36.4 Å². The monoisotopic (exact) mass is 468 g/mol. The second-order valence-electron chi connectivity index (χ2n) is 8.46. The predicted molar refractivity (Wildman–Crippen MR) is 140 cm³/mol. The molecule has 35 heavy (non-hydrogen) atoms. The highest BCUT2D eigenvalue weighted by atomic mass is 16.5. The number of rotatable bonds is 11. The lowest BCUT2D eigenvalue weighted by Crippen LogP contribution is -1.95. The molecular weight excluding hydrogens is 436 g/mol. The average molecular weight is 469 g/mol. The van der Waals surface area contributed by atoms with E-state index < -0.39 is 0 Å². The molecule has 0 radical (unpaired) electrons. The van der Waals surface area contributed by atoms with Crippen LogP contribution in [0.1, 0.15) is 22.3 Å². The molecule has 180 valence electrons. The van der Waals surface area contributed by atoms with Crippen LogP contribution in [-0.4, -0.2) is 21.3 Å². The van der Waals surface area contributed by atoms with Gasteiger partial charge in [-0.3, -0.25) is 0 Å². The first-order valence-electron chi connectivity index (χ1n) is 11.9. The molecule has 0 heterocycles. The van der Waals surface area contributed by atoms with E-state index in [0.29, 0.717) is 0 Å². The van der Waals surface area contributed by atoms with Crippen molar-refractivity contribution in [2.45, 2.75) is 25.7 Å². The Labute approximate surface area is 208 Å². The molecule has 0 fully saturated rings. The Balaban J connectivity index is 1.32. The third kappa shape index (κ3) is 7.03. The minimum atomic E-state index is 0.814. The van der Waals surface area contributed by atoms with Gasteiger partial charge in [0.1, 0.15) is 28.7 Å². The molecule has 0 aliphatic rings. The number of benzene rings is 4. The van der Waals surface area contributed by atoms with E-state index in [1.165, 1.54) is 22.3 Å². The fourth-order valence-electron chi connectivity index (χ4n) is 4.00. The van der Waals surface area contributed by atoms with Crippen molar-refractivity contribution in [3.8, 4) is 28.7 Å². The van der Waals surface area contributed by atoms with Gasteiger partial charge in [-0.05, 0) is 96.5 Å². The van der Waals surface area contributed by atoms with Gasteiger partial charge < -0.3 is 18.9 Å². The van der Waals surface area contributed by atoms with Gasteiger partial charge in [-0.2, -0.15) is 0 Å². The Hall–Kier alpha value is -3.92. The Kier molecular flexibility index (Phi) is 8.29. The summed E-state index contributed by atoms with van der Waals surface area (Å²) < 4.78 is 22.1. The van der Waals surface area contributed by atoms with Crippen LogP contribution in [0, 0.1) is 0 Å². The van der Waals surface area contributed by atoms with Crippen LogP contribution in [0.2, 0.25) is 0 Å². The van der Waals surface area contributed by atoms with Crippen LogP contribution in [-0.2, 0) is 25.7 Å². The lowest BCUT2D eigenvalue weighted by atomic mass is 10.0. The van der Waals surface area contributed by atoms with Crippen molar-refractivity contribution in [2.24, 2.45) is 0 Å². The second-order valence-corrected chi connectivity index (χ2v) is 8.46. The van der Waals surface area contributed by atoms with Crippen LogP contribution in [0.25, 0.3) is 0 Å². The van der Waals surface area contributed by atoms with E-state index in [4.69, 9.17) is 18.9 Å². The predicted octanol–water partition coefficient (Wildman–Crippen LogP) is 7.08. The maximum Gasteiger partial charge on any atom is 0.127 e. The summed E-state index contributed by atoms with van der Waals surface area (Å²) in [6, 6.07) is 30.9. The first-order valence-corrected chi connectivity index (χ1v) is 11.9. The maximum atomic E-state index is 6.13. The molecule has 0 atom stereocenters. The molecule has 4 aromatic rings. The highest BCUT2D eigenvalue weighted by Gasteiger charge is 2.05. The van der Waals surface area contributed by atoms with Crippen molar-refractivity contribution >= 4 is 0 Å². The first kappa shape index (κ1) is 24.2. The summed E-state index contributed by atoms with van der Waals surface area (Å²) in [4.78, 5) is 0. The lowest BCUT2D eigenvalue weighted by Gasteiger charge is -2.10. The number of ether oxygens (including phenoxy) is 4. The molecule has 0 saturated heterocycles. The van der Waals surface area contributed by atoms with Gasteiger partial charge in [0.2, 0.25) is 0 Å². The number of hydrogen-bond acceptors (Lipinski definition) is 4. The molecule has 0 N–H and O–H groups in total. The Morgan fingerprint density at radius 3 is 1.46 bits per heavy atom. The van der Waals surface area contributed by atoms with Crippen LogP contribution in [0.15, 0.2) is 91.0 Å². The summed E-state index contributed by atoms with van der Waals surface area (Å²) >= 11 is 0. The quantitative estimate of drug-likeness (QED) is 0.236. The van der Waals surface area contributed by atoms with Crippen LogP contribution < -0.4 is 18.9 Å². The number of methoxy groups -OCH3 is 3. The van der Waals surface area contributed by atoms with Crippen LogP contribution in [0.5, 0.6) is 28.7 Å². The molecule has 0 aliphatic carbocycles. The Morgan fingerprint density at radius 2 is 0.886 bits per heavy atom. The molecule has 4 nitrogen and oxygen atoms in total. The molecular formula is C31H32O4. The summed E-state index contributed by atoms with van der Waals surface area (Å²) in [5.41, 5.74) is 4.99. The van der Waals surface area contributed by atoms with Gasteiger partial charge in [0, 0.05) is 6.07 Å². The van der Waals surface area contributed by atoms with Gasteiger partial charge in [-0.15, -0.1) is 0 Å². The molecule has 0 unspecified atom stereocenters. The zero-order chi connectivity index (χ0) is 24.5. The zero-order valence-corrected chi connectivity index (χ0v) is 20.6. The Morgan fingerprint density at radius 1 is 0.400 bits per heavy atom. The van der Waals surface area contributed by atoms with Crippen molar-refractivity contribution < 1.29 is 18.9 Å². The first-order chi connectivity index (χ1) is 17.1. The van der Waals surface area contributed by atoms with Crippen molar-refractivity contribution in [2.75, 3.05) is 21.3 Å². The number of hydrogen-bond donors (Lipinski definition) is 0. The van der Waals surface area contributed by atoms with E-state index in [2.05, 4.69) is 54.6 Å². The second kappa shape index (κ2) is 12.0. The van der Waals surface area contributed by atoms with Crippen molar-refractivity contribution in [1.82, 2.24) is 0 Å². The van der Waals surface area contributed by atoms with Gasteiger partial charge in [0.05, 0.1) is 21.3 Å². The molecule has 0 bridgehead atoms. The van der Waals surface area contributed by atoms with E-state index in [9.17, 15) is 0 Å². The molecule has 4 heteroatoms. The van der Waals surface area contributed by atoms with E-state index in [1.54, 1.807) is 21.3 Å². The molecule has 4 aromatic carbocycles. The highest BCUT2D eigenvalue weighted by molar-refractivity contribution is 5.40. The van der Waals surface area contributed by atoms with E-state index in [-0.39, 0.29) is 0 Å². The van der Waals surface area contributed by atoms with Gasteiger partial charge in [0.15, 0.2) is 0 Å². The molecule has 4 rings (SSSR count). The minimum Gasteiger partial charge on any atom is -0.497 e. The van der Waals surface area contributed by atoms with Gasteiger partial charge in [-0.25, -0.2) is 0 Å². The summed E-state index contributed by atoms with van der Waals surface area (Å²) in [7, 11) is 5.04. The summed E-state index contributed by atoms with van der Waals surface area (Å²) in [5.74, 6) is 4.21. The lowest BCUT2D eigenvalue weighted by molar-refractivity contribution is 0.393. The summed E-state index contributed by atoms with van der Waals surface area (Å²) in [6.45, 7) is 0. The molecule has 0 aliphatic heterocycles. The van der Waals surface area contributed by atoms with Crippen molar-refractivity contribution in [3.63, 3.8) is 0 Å². The third-order valence-corrected chi connectivity index (χ3v) is 6.03. The third-order valence-electron chi connectivity index (χ3n) is 6.03. The minimum absolute atomic E-state index is 0.814. The molecule has 0 spiro atoms. The standard InChI is InChI=1S/C31H32O4/c1-32-27-15-11-23(12-16-27)7-9-25-5-4-6-29(19-25)35-28-17-13-24(14-18-28)8-10-26-20-30(33-2)22-31(21-26)34-3/h4-6,11-22H,7-10H2,1-3H3. The SMILES string of the molecule is COc1ccc(CCc2cccc(Oc3ccc(CCc4cc(OC)cc(OC)c4)cc3)c2)cc1. The molecule has 0 amide bonds. The van der Waals surface area contributed by atoms with Crippen LogP contribution in [0.4, 0.5) is 0 Å². The van der Waals surface area contributed by atoms with Crippen LogP contribution in [0.3, 0.4) is 0 Å². The summed E-state index contributed by atoms with van der Waals surface area (Å²) in [5, 5.41) is 0. The normalized spacial score (nSPS) is 10.6. The Bertz CT molecular complexity index is 1190. The maximum absolute atomic E-state index is 6.13. The largest absolute Gasteiger partial charge is 0.497 e. The van der Waals surface area contributed by atoms with E-state index >= 15 is 0 Å². The van der Waals surface area contributed by atoms with Crippen molar-refractivity contribution in [1.29, 1.82) is 0 Å². The zero-order valence-electron chi connectivity index (χ0n) is 20.6. The fourth-order valence-corrected chi connectivity index (χ4v) is 4.00. The number of aryl methyl sites for hydroxylation is 4. The molecule has 0 saturated carbocycles. The van der Waals surface area contributed by atoms with E-state index in [0.717, 1.165) is 54.4 Å². The average Bonchev–Trinajstić information content (AvgIpc) is 2.91. The highest BCUT2D eigenvalue weighted by Crippen LogP contribution is 2.26.